The van der Waals surface area contributed by atoms with Gasteiger partial charge in [-0.25, -0.2) is 8.42 Å². The highest BCUT2D eigenvalue weighted by atomic mass is 32.2. The first kappa shape index (κ1) is 18.8. The first-order valence-corrected chi connectivity index (χ1v) is 10.2. The smallest absolute Gasteiger partial charge is 0.251 e. The van der Waals surface area contributed by atoms with Crippen molar-refractivity contribution in [2.75, 3.05) is 16.6 Å². The first-order valence-electron chi connectivity index (χ1n) is 8.63. The molecule has 1 heterocycles. The number of benzene rings is 1. The summed E-state index contributed by atoms with van der Waals surface area (Å²) in [6, 6.07) is 6.99. The lowest BCUT2D eigenvalue weighted by atomic mass is 9.93. The van der Waals surface area contributed by atoms with Crippen molar-refractivity contribution in [3.05, 3.63) is 29.8 Å². The van der Waals surface area contributed by atoms with Gasteiger partial charge < -0.3 is 5.32 Å². The van der Waals surface area contributed by atoms with Crippen LogP contribution in [0, 0.1) is 11.8 Å². The second kappa shape index (κ2) is 7.55. The molecule has 1 N–H and O–H groups in total. The van der Waals surface area contributed by atoms with Gasteiger partial charge in [0.1, 0.15) is 0 Å². The van der Waals surface area contributed by atoms with Crippen molar-refractivity contribution in [2.45, 2.75) is 46.6 Å². The molecule has 1 aliphatic heterocycles. The number of anilines is 1. The van der Waals surface area contributed by atoms with E-state index in [1.54, 1.807) is 24.3 Å². The molecule has 6 heteroatoms. The highest BCUT2D eigenvalue weighted by molar-refractivity contribution is 7.92. The van der Waals surface area contributed by atoms with E-state index < -0.39 is 10.0 Å². The Morgan fingerprint density at radius 1 is 1.12 bits per heavy atom. The van der Waals surface area contributed by atoms with Crippen molar-refractivity contribution in [3.8, 4) is 0 Å². The minimum atomic E-state index is -3.27. The van der Waals surface area contributed by atoms with Crippen LogP contribution in [0.1, 0.15) is 50.9 Å². The Labute approximate surface area is 145 Å². The average molecular weight is 353 g/mol. The fourth-order valence-corrected chi connectivity index (χ4v) is 4.85. The van der Waals surface area contributed by atoms with Crippen molar-refractivity contribution in [1.29, 1.82) is 0 Å². The van der Waals surface area contributed by atoms with Crippen LogP contribution in [-0.4, -0.2) is 32.7 Å². The zero-order valence-corrected chi connectivity index (χ0v) is 15.8. The molecule has 134 valence electrons. The maximum Gasteiger partial charge on any atom is 0.251 e. The lowest BCUT2D eigenvalue weighted by molar-refractivity contribution is 0.0910. The third-order valence-corrected chi connectivity index (χ3v) is 6.35. The number of hydrogen-bond donors (Lipinski definition) is 1. The van der Waals surface area contributed by atoms with E-state index in [9.17, 15) is 13.2 Å². The van der Waals surface area contributed by atoms with Crippen LogP contribution in [0.25, 0.3) is 0 Å². The SMILES string of the molecule is CC(C)C(NC(=O)c1cccc(N2CCCCS2(=O)=O)c1)C(C)C. The van der Waals surface area contributed by atoms with Crippen molar-refractivity contribution in [3.63, 3.8) is 0 Å². The van der Waals surface area contributed by atoms with Gasteiger partial charge in [-0.2, -0.15) is 0 Å². The molecule has 1 aromatic carbocycles. The molecule has 0 aromatic heterocycles. The number of carbonyl (C=O) groups is 1. The number of sulfonamides is 1. The fourth-order valence-electron chi connectivity index (χ4n) is 3.22. The third-order valence-electron chi connectivity index (χ3n) is 4.48. The van der Waals surface area contributed by atoms with Gasteiger partial charge in [-0.1, -0.05) is 33.8 Å². The van der Waals surface area contributed by atoms with Crippen molar-refractivity contribution >= 4 is 21.6 Å². The number of amides is 1. The van der Waals surface area contributed by atoms with Gasteiger partial charge in [0, 0.05) is 18.2 Å². The van der Waals surface area contributed by atoms with Gasteiger partial charge in [0.25, 0.3) is 5.91 Å². The van der Waals surface area contributed by atoms with Gasteiger partial charge in [-0.3, -0.25) is 9.10 Å². The largest absolute Gasteiger partial charge is 0.349 e. The molecular formula is C18H28N2O3S. The highest BCUT2D eigenvalue weighted by Gasteiger charge is 2.27. The Kier molecular flexibility index (Phi) is 5.91. The van der Waals surface area contributed by atoms with Crippen LogP contribution < -0.4 is 9.62 Å². The van der Waals surface area contributed by atoms with Gasteiger partial charge in [-0.05, 0) is 42.9 Å². The van der Waals surface area contributed by atoms with Crippen LogP contribution in [0.15, 0.2) is 24.3 Å². The third kappa shape index (κ3) is 4.29. The van der Waals surface area contributed by atoms with E-state index in [4.69, 9.17) is 0 Å². The molecule has 0 aliphatic carbocycles. The van der Waals surface area contributed by atoms with E-state index in [1.807, 2.05) is 0 Å². The standard InChI is InChI=1S/C18H28N2O3S/c1-13(2)17(14(3)4)19-18(21)15-8-7-9-16(12-15)20-10-5-6-11-24(20,22)23/h7-9,12-14,17H,5-6,10-11H2,1-4H3,(H,19,21). The monoisotopic (exact) mass is 352 g/mol. The predicted molar refractivity (Wildman–Crippen MR) is 97.7 cm³/mol. The lowest BCUT2D eigenvalue weighted by Gasteiger charge is -2.29. The van der Waals surface area contributed by atoms with Crippen LogP contribution >= 0.6 is 0 Å². The van der Waals surface area contributed by atoms with Crippen LogP contribution in [0.3, 0.4) is 0 Å². The molecule has 5 nitrogen and oxygen atoms in total. The number of nitrogens with zero attached hydrogens (tertiary/aromatic N) is 1. The molecule has 0 bridgehead atoms. The lowest BCUT2D eigenvalue weighted by Crippen LogP contribution is -2.42. The van der Waals surface area contributed by atoms with Crippen molar-refractivity contribution < 1.29 is 13.2 Å². The van der Waals surface area contributed by atoms with Crippen LogP contribution in [-0.2, 0) is 10.0 Å². The number of nitrogens with one attached hydrogen (secondary N) is 1. The summed E-state index contributed by atoms with van der Waals surface area (Å²) in [5, 5.41) is 3.08. The van der Waals surface area contributed by atoms with E-state index in [0.717, 1.165) is 6.42 Å². The van der Waals surface area contributed by atoms with Crippen LogP contribution in [0.2, 0.25) is 0 Å². The summed E-state index contributed by atoms with van der Waals surface area (Å²) in [5.41, 5.74) is 1.08. The molecule has 1 aromatic rings. The minimum absolute atomic E-state index is 0.0832. The number of hydrogen-bond acceptors (Lipinski definition) is 3. The molecule has 0 spiro atoms. The zero-order valence-electron chi connectivity index (χ0n) is 15.0. The summed E-state index contributed by atoms with van der Waals surface area (Å²) in [5.74, 6) is 0.685. The summed E-state index contributed by atoms with van der Waals surface area (Å²) >= 11 is 0. The molecule has 1 fully saturated rings. The maximum atomic E-state index is 12.6. The second-order valence-electron chi connectivity index (χ2n) is 7.13. The van der Waals surface area contributed by atoms with E-state index in [1.165, 1.54) is 4.31 Å². The van der Waals surface area contributed by atoms with E-state index in [2.05, 4.69) is 33.0 Å². The average Bonchev–Trinajstić information content (AvgIpc) is 2.51. The highest BCUT2D eigenvalue weighted by Crippen LogP contribution is 2.24. The normalized spacial score (nSPS) is 17.5. The van der Waals surface area contributed by atoms with Gasteiger partial charge >= 0.3 is 0 Å². The molecule has 0 unspecified atom stereocenters. The van der Waals surface area contributed by atoms with Crippen LogP contribution in [0.5, 0.6) is 0 Å². The van der Waals surface area contributed by atoms with Gasteiger partial charge in [-0.15, -0.1) is 0 Å². The molecule has 0 saturated carbocycles. The molecule has 0 atom stereocenters. The zero-order chi connectivity index (χ0) is 17.9. The number of rotatable bonds is 5. The summed E-state index contributed by atoms with van der Waals surface area (Å²) in [6.45, 7) is 8.82. The minimum Gasteiger partial charge on any atom is -0.349 e. The summed E-state index contributed by atoms with van der Waals surface area (Å²) in [6.07, 6.45) is 1.54. The summed E-state index contributed by atoms with van der Waals surface area (Å²) in [4.78, 5) is 12.6. The van der Waals surface area contributed by atoms with E-state index in [-0.39, 0.29) is 17.7 Å². The van der Waals surface area contributed by atoms with Crippen molar-refractivity contribution in [1.82, 2.24) is 5.32 Å². The Bertz CT molecular complexity index is 675. The topological polar surface area (TPSA) is 66.5 Å². The second-order valence-corrected chi connectivity index (χ2v) is 9.15. The van der Waals surface area contributed by atoms with E-state index >= 15 is 0 Å². The fraction of sp³-hybridized carbons (Fsp3) is 0.611. The molecular weight excluding hydrogens is 324 g/mol. The first-order chi connectivity index (χ1) is 11.2. The van der Waals surface area contributed by atoms with Gasteiger partial charge in [0.15, 0.2) is 0 Å². The quantitative estimate of drug-likeness (QED) is 0.886. The van der Waals surface area contributed by atoms with E-state index in [0.29, 0.717) is 36.1 Å². The Hall–Kier alpha value is -1.56. The van der Waals surface area contributed by atoms with Gasteiger partial charge in [0.2, 0.25) is 10.0 Å². The molecule has 2 rings (SSSR count). The Morgan fingerprint density at radius 3 is 2.38 bits per heavy atom. The van der Waals surface area contributed by atoms with Crippen molar-refractivity contribution in [2.24, 2.45) is 11.8 Å². The Morgan fingerprint density at radius 2 is 1.79 bits per heavy atom. The molecule has 1 amide bonds. The number of carbonyl (C=O) groups excluding carboxylic acids is 1. The molecule has 1 saturated heterocycles. The summed E-state index contributed by atoms with van der Waals surface area (Å²) in [7, 11) is -3.27. The summed E-state index contributed by atoms with van der Waals surface area (Å²) < 4.78 is 25.9. The Balaban J connectivity index is 2.22. The molecule has 1 aliphatic rings. The van der Waals surface area contributed by atoms with Crippen LogP contribution in [0.4, 0.5) is 5.69 Å². The molecule has 24 heavy (non-hydrogen) atoms. The van der Waals surface area contributed by atoms with Gasteiger partial charge in [0.05, 0.1) is 11.4 Å². The predicted octanol–water partition coefficient (Wildman–Crippen LogP) is 3.03. The maximum absolute atomic E-state index is 12.6. The molecule has 0 radical (unpaired) electrons.